The van der Waals surface area contributed by atoms with Gasteiger partial charge in [0.1, 0.15) is 11.4 Å². The van der Waals surface area contributed by atoms with Gasteiger partial charge in [0.15, 0.2) is 0 Å². The summed E-state index contributed by atoms with van der Waals surface area (Å²) in [4.78, 5) is 14.0. The van der Waals surface area contributed by atoms with Crippen molar-refractivity contribution in [3.63, 3.8) is 0 Å². The number of nitrogens with zero attached hydrogens (tertiary/aromatic N) is 1. The minimum Gasteiger partial charge on any atom is -0.508 e. The third-order valence-corrected chi connectivity index (χ3v) is 3.03. The molecule has 0 saturated heterocycles. The van der Waals surface area contributed by atoms with Gasteiger partial charge in [0, 0.05) is 16.1 Å². The van der Waals surface area contributed by atoms with Crippen LogP contribution in [-0.4, -0.2) is 27.2 Å². The second kappa shape index (κ2) is 6.14. The van der Waals surface area contributed by atoms with Crippen molar-refractivity contribution in [2.75, 3.05) is 0 Å². The van der Waals surface area contributed by atoms with E-state index in [1.54, 1.807) is 17.0 Å². The zero-order chi connectivity index (χ0) is 16.4. The minimum absolute atomic E-state index is 0.109. The molecule has 0 radical (unpaired) electrons. The largest absolute Gasteiger partial charge is 0.508 e. The van der Waals surface area contributed by atoms with Gasteiger partial charge in [-0.2, -0.15) is 0 Å². The van der Waals surface area contributed by atoms with Gasteiger partial charge in [0.05, 0.1) is 6.54 Å². The first-order chi connectivity index (χ1) is 9.40. The molecule has 118 valence electrons. The first kappa shape index (κ1) is 17.6. The van der Waals surface area contributed by atoms with Crippen molar-refractivity contribution < 1.29 is 14.6 Å². The number of amides is 1. The molecule has 5 heteroatoms. The molecular formula is C16H24ClNO3. The lowest BCUT2D eigenvalue weighted by Gasteiger charge is -2.37. The van der Waals surface area contributed by atoms with Crippen LogP contribution < -0.4 is 0 Å². The van der Waals surface area contributed by atoms with Crippen molar-refractivity contribution in [3.8, 4) is 5.75 Å². The molecular weight excluding hydrogens is 290 g/mol. The zero-order valence-corrected chi connectivity index (χ0v) is 14.3. The molecule has 1 aromatic carbocycles. The summed E-state index contributed by atoms with van der Waals surface area (Å²) in [5, 5.41) is 10.4. The van der Waals surface area contributed by atoms with Crippen molar-refractivity contribution in [2.24, 2.45) is 0 Å². The molecule has 1 amide bonds. The Kier molecular flexibility index (Phi) is 5.16. The molecule has 1 N–H and O–H groups in total. The number of ether oxygens (including phenoxy) is 1. The Balaban J connectivity index is 3.05. The number of hydrogen-bond acceptors (Lipinski definition) is 3. The molecule has 1 aromatic rings. The van der Waals surface area contributed by atoms with E-state index in [0.29, 0.717) is 10.6 Å². The number of aromatic hydroxyl groups is 1. The third-order valence-electron chi connectivity index (χ3n) is 2.79. The maximum atomic E-state index is 12.4. The Morgan fingerprint density at radius 2 is 1.81 bits per heavy atom. The number of hydrogen-bond donors (Lipinski definition) is 1. The molecule has 0 bridgehead atoms. The van der Waals surface area contributed by atoms with Crippen LogP contribution in [0.4, 0.5) is 4.79 Å². The van der Waals surface area contributed by atoms with E-state index < -0.39 is 17.2 Å². The fourth-order valence-corrected chi connectivity index (χ4v) is 1.94. The number of halogens is 1. The summed E-state index contributed by atoms with van der Waals surface area (Å²) in [5.74, 6) is 0.109. The van der Waals surface area contributed by atoms with Gasteiger partial charge in [0.25, 0.3) is 0 Å². The van der Waals surface area contributed by atoms with Gasteiger partial charge in [-0.15, -0.1) is 0 Å². The van der Waals surface area contributed by atoms with Crippen LogP contribution in [0.25, 0.3) is 0 Å². The van der Waals surface area contributed by atoms with Crippen molar-refractivity contribution >= 4 is 17.7 Å². The normalized spacial score (nSPS) is 12.1. The second-order valence-electron chi connectivity index (χ2n) is 7.01. The van der Waals surface area contributed by atoms with Crippen LogP contribution >= 0.6 is 11.6 Å². The first-order valence-corrected chi connectivity index (χ1v) is 7.26. The summed E-state index contributed by atoms with van der Waals surface area (Å²) >= 11 is 5.95. The Morgan fingerprint density at radius 3 is 2.29 bits per heavy atom. The summed E-state index contributed by atoms with van der Waals surface area (Å²) in [5.41, 5.74) is -0.433. The Hall–Kier alpha value is -1.42. The van der Waals surface area contributed by atoms with E-state index in [-0.39, 0.29) is 12.3 Å². The Morgan fingerprint density at radius 1 is 1.24 bits per heavy atom. The molecule has 0 fully saturated rings. The number of phenolic OH excluding ortho intramolecular Hbond substituents is 1. The number of carbonyl (C=O) groups is 1. The van der Waals surface area contributed by atoms with Gasteiger partial charge < -0.3 is 9.84 Å². The highest BCUT2D eigenvalue weighted by Gasteiger charge is 2.31. The maximum Gasteiger partial charge on any atom is 0.411 e. The fraction of sp³-hybridized carbons (Fsp3) is 0.562. The lowest BCUT2D eigenvalue weighted by molar-refractivity contribution is 0.00359. The molecule has 0 saturated carbocycles. The van der Waals surface area contributed by atoms with Gasteiger partial charge in [-0.3, -0.25) is 4.90 Å². The average Bonchev–Trinajstić information content (AvgIpc) is 2.26. The third kappa shape index (κ3) is 5.46. The highest BCUT2D eigenvalue weighted by Crippen LogP contribution is 2.27. The summed E-state index contributed by atoms with van der Waals surface area (Å²) in [6.45, 7) is 11.4. The molecule has 0 unspecified atom stereocenters. The van der Waals surface area contributed by atoms with Crippen molar-refractivity contribution in [2.45, 2.75) is 59.2 Å². The van der Waals surface area contributed by atoms with Gasteiger partial charge >= 0.3 is 6.09 Å². The predicted octanol–water partition coefficient (Wildman–Crippen LogP) is 4.58. The molecule has 0 aliphatic heterocycles. The van der Waals surface area contributed by atoms with E-state index in [1.165, 1.54) is 6.07 Å². The summed E-state index contributed by atoms with van der Waals surface area (Å²) in [6, 6.07) is 4.78. The van der Waals surface area contributed by atoms with E-state index in [4.69, 9.17) is 16.3 Å². The molecule has 0 aromatic heterocycles. The van der Waals surface area contributed by atoms with Gasteiger partial charge in [0.2, 0.25) is 0 Å². The van der Waals surface area contributed by atoms with E-state index in [9.17, 15) is 9.90 Å². The maximum absolute atomic E-state index is 12.4. The van der Waals surface area contributed by atoms with Crippen LogP contribution in [0.15, 0.2) is 18.2 Å². The Bertz CT molecular complexity index is 515. The molecule has 0 spiro atoms. The molecule has 0 heterocycles. The van der Waals surface area contributed by atoms with Crippen molar-refractivity contribution in [3.05, 3.63) is 28.8 Å². The SMILES string of the molecule is CC(C)(C)OC(=O)N(Cc1cc(Cl)ccc1O)C(C)(C)C. The molecule has 21 heavy (non-hydrogen) atoms. The van der Waals surface area contributed by atoms with Gasteiger partial charge in [-0.25, -0.2) is 4.79 Å². The summed E-state index contributed by atoms with van der Waals surface area (Å²) in [7, 11) is 0. The van der Waals surface area contributed by atoms with Crippen molar-refractivity contribution in [1.29, 1.82) is 0 Å². The topological polar surface area (TPSA) is 49.8 Å². The van der Waals surface area contributed by atoms with E-state index in [2.05, 4.69) is 0 Å². The summed E-state index contributed by atoms with van der Waals surface area (Å²) < 4.78 is 5.44. The second-order valence-corrected chi connectivity index (χ2v) is 7.45. The van der Waals surface area contributed by atoms with Crippen LogP contribution in [0.2, 0.25) is 5.02 Å². The smallest absolute Gasteiger partial charge is 0.411 e. The van der Waals surface area contributed by atoms with E-state index in [1.807, 2.05) is 41.5 Å². The molecule has 0 atom stereocenters. The van der Waals surface area contributed by atoms with Gasteiger partial charge in [-0.05, 0) is 59.7 Å². The van der Waals surface area contributed by atoms with Crippen LogP contribution in [0.3, 0.4) is 0 Å². The lowest BCUT2D eigenvalue weighted by Crippen LogP contribution is -2.47. The summed E-state index contributed by atoms with van der Waals surface area (Å²) in [6.07, 6.45) is -0.422. The molecule has 0 aliphatic rings. The first-order valence-electron chi connectivity index (χ1n) is 6.88. The van der Waals surface area contributed by atoms with Gasteiger partial charge in [-0.1, -0.05) is 11.6 Å². The lowest BCUT2D eigenvalue weighted by atomic mass is 10.0. The number of carbonyl (C=O) groups excluding carboxylic acids is 1. The van der Waals surface area contributed by atoms with Crippen molar-refractivity contribution in [1.82, 2.24) is 4.90 Å². The Labute approximate surface area is 131 Å². The van der Waals surface area contributed by atoms with Crippen LogP contribution in [-0.2, 0) is 11.3 Å². The quantitative estimate of drug-likeness (QED) is 0.869. The standard InChI is InChI=1S/C16H24ClNO3/c1-15(2,3)18(14(20)21-16(4,5)6)10-11-9-12(17)7-8-13(11)19/h7-9,19H,10H2,1-6H3. The number of phenols is 1. The predicted molar refractivity (Wildman–Crippen MR) is 84.6 cm³/mol. The highest BCUT2D eigenvalue weighted by atomic mass is 35.5. The van der Waals surface area contributed by atoms with E-state index >= 15 is 0 Å². The molecule has 1 rings (SSSR count). The monoisotopic (exact) mass is 313 g/mol. The van der Waals surface area contributed by atoms with Crippen LogP contribution in [0.5, 0.6) is 5.75 Å². The highest BCUT2D eigenvalue weighted by molar-refractivity contribution is 6.30. The molecule has 4 nitrogen and oxygen atoms in total. The fourth-order valence-electron chi connectivity index (χ4n) is 1.74. The van der Waals surface area contributed by atoms with Crippen LogP contribution in [0, 0.1) is 0 Å². The molecule has 0 aliphatic carbocycles. The van der Waals surface area contributed by atoms with E-state index in [0.717, 1.165) is 0 Å². The number of benzene rings is 1. The van der Waals surface area contributed by atoms with Crippen LogP contribution in [0.1, 0.15) is 47.1 Å². The number of rotatable bonds is 2. The zero-order valence-electron chi connectivity index (χ0n) is 13.5. The minimum atomic E-state index is -0.572. The average molecular weight is 314 g/mol.